The fourth-order valence-electron chi connectivity index (χ4n) is 1.94. The van der Waals surface area contributed by atoms with Gasteiger partial charge in [0.2, 0.25) is 0 Å². The van der Waals surface area contributed by atoms with Gasteiger partial charge in [-0.15, -0.1) is 0 Å². The standard InChI is InChI=1S/C11H18N2O2/c1-8(6-14)10-7-15-11(12-10)9-3-4-13(2)5-9/h7-9,14H,3-6H2,1-2H3. The Morgan fingerprint density at radius 1 is 1.73 bits per heavy atom. The van der Waals surface area contributed by atoms with E-state index in [1.54, 1.807) is 6.26 Å². The van der Waals surface area contributed by atoms with Gasteiger partial charge in [-0.3, -0.25) is 0 Å². The van der Waals surface area contributed by atoms with Gasteiger partial charge < -0.3 is 14.4 Å². The van der Waals surface area contributed by atoms with Crippen molar-refractivity contribution < 1.29 is 9.52 Å². The van der Waals surface area contributed by atoms with E-state index in [0.29, 0.717) is 5.92 Å². The van der Waals surface area contributed by atoms with Crippen LogP contribution in [0, 0.1) is 0 Å². The second-order valence-corrected chi connectivity index (χ2v) is 4.44. The predicted octanol–water partition coefficient (Wildman–Crippen LogP) is 1.19. The summed E-state index contributed by atoms with van der Waals surface area (Å²) in [6.07, 6.45) is 2.79. The van der Waals surface area contributed by atoms with Crippen LogP contribution in [0.1, 0.15) is 36.8 Å². The number of nitrogens with zero attached hydrogens (tertiary/aromatic N) is 2. The molecule has 2 unspecified atom stereocenters. The molecular weight excluding hydrogens is 192 g/mol. The van der Waals surface area contributed by atoms with E-state index in [9.17, 15) is 0 Å². The number of aliphatic hydroxyl groups excluding tert-OH is 1. The molecule has 2 rings (SSSR count). The molecule has 1 aliphatic rings. The maximum absolute atomic E-state index is 9.01. The van der Waals surface area contributed by atoms with E-state index in [4.69, 9.17) is 9.52 Å². The first kappa shape index (κ1) is 10.6. The van der Waals surface area contributed by atoms with Crippen molar-refractivity contribution >= 4 is 0 Å². The van der Waals surface area contributed by atoms with Gasteiger partial charge in [-0.25, -0.2) is 4.98 Å². The molecule has 1 aromatic rings. The third-order valence-corrected chi connectivity index (χ3v) is 3.06. The summed E-state index contributed by atoms with van der Waals surface area (Å²) in [6.45, 7) is 4.20. The highest BCUT2D eigenvalue weighted by atomic mass is 16.3. The van der Waals surface area contributed by atoms with Gasteiger partial charge in [0.25, 0.3) is 0 Å². The second-order valence-electron chi connectivity index (χ2n) is 4.44. The largest absolute Gasteiger partial charge is 0.448 e. The highest BCUT2D eigenvalue weighted by Gasteiger charge is 2.25. The fourth-order valence-corrected chi connectivity index (χ4v) is 1.94. The summed E-state index contributed by atoms with van der Waals surface area (Å²) in [4.78, 5) is 6.73. The van der Waals surface area contributed by atoms with Crippen molar-refractivity contribution in [2.45, 2.75) is 25.2 Å². The van der Waals surface area contributed by atoms with Gasteiger partial charge in [-0.2, -0.15) is 0 Å². The zero-order valence-corrected chi connectivity index (χ0v) is 9.31. The summed E-state index contributed by atoms with van der Waals surface area (Å²) >= 11 is 0. The number of aliphatic hydroxyl groups is 1. The van der Waals surface area contributed by atoms with Crippen molar-refractivity contribution in [1.29, 1.82) is 0 Å². The van der Waals surface area contributed by atoms with E-state index in [1.807, 2.05) is 6.92 Å². The molecule has 2 heterocycles. The molecule has 0 aliphatic carbocycles. The molecule has 0 radical (unpaired) electrons. The van der Waals surface area contributed by atoms with Crippen molar-refractivity contribution in [3.8, 4) is 0 Å². The normalized spacial score (nSPS) is 24.6. The molecule has 0 bridgehead atoms. The van der Waals surface area contributed by atoms with Crippen molar-refractivity contribution in [3.63, 3.8) is 0 Å². The lowest BCUT2D eigenvalue weighted by Crippen LogP contribution is -2.13. The third kappa shape index (κ3) is 2.21. The Bertz CT molecular complexity index is 324. The summed E-state index contributed by atoms with van der Waals surface area (Å²) in [6, 6.07) is 0. The Morgan fingerprint density at radius 2 is 2.53 bits per heavy atom. The Hall–Kier alpha value is -0.870. The molecule has 4 nitrogen and oxygen atoms in total. The Morgan fingerprint density at radius 3 is 3.13 bits per heavy atom. The summed E-state index contributed by atoms with van der Waals surface area (Å²) in [5.41, 5.74) is 0.863. The van der Waals surface area contributed by atoms with Crippen LogP contribution in [0.2, 0.25) is 0 Å². The van der Waals surface area contributed by atoms with Crippen LogP contribution in [0.5, 0.6) is 0 Å². The number of likely N-dealkylation sites (N-methyl/N-ethyl adjacent to an activating group) is 1. The Balaban J connectivity index is 2.07. The number of hydrogen-bond acceptors (Lipinski definition) is 4. The summed E-state index contributed by atoms with van der Waals surface area (Å²) in [5.74, 6) is 1.32. The maximum atomic E-state index is 9.01. The van der Waals surface area contributed by atoms with Gasteiger partial charge in [0.1, 0.15) is 6.26 Å². The molecule has 1 saturated heterocycles. The molecule has 0 aromatic carbocycles. The first-order valence-corrected chi connectivity index (χ1v) is 5.45. The van der Waals surface area contributed by atoms with Crippen molar-refractivity contribution in [2.24, 2.45) is 0 Å². The summed E-state index contributed by atoms with van der Waals surface area (Å²) in [7, 11) is 2.11. The van der Waals surface area contributed by atoms with Gasteiger partial charge in [0.15, 0.2) is 5.89 Å². The van der Waals surface area contributed by atoms with Gasteiger partial charge in [0, 0.05) is 18.4 Å². The Kier molecular flexibility index (Phi) is 3.07. The molecule has 0 amide bonds. The molecule has 4 heteroatoms. The van der Waals surface area contributed by atoms with E-state index < -0.39 is 0 Å². The van der Waals surface area contributed by atoms with Crippen LogP contribution in [-0.2, 0) is 0 Å². The van der Waals surface area contributed by atoms with Crippen LogP contribution in [0.25, 0.3) is 0 Å². The third-order valence-electron chi connectivity index (χ3n) is 3.06. The molecule has 1 aliphatic heterocycles. The number of aromatic nitrogens is 1. The van der Waals surface area contributed by atoms with Crippen LogP contribution in [0.4, 0.5) is 0 Å². The average Bonchev–Trinajstić information content (AvgIpc) is 2.84. The predicted molar refractivity (Wildman–Crippen MR) is 56.9 cm³/mol. The number of hydrogen-bond donors (Lipinski definition) is 1. The fraction of sp³-hybridized carbons (Fsp3) is 0.727. The van der Waals surface area contributed by atoms with Gasteiger partial charge >= 0.3 is 0 Å². The first-order valence-electron chi connectivity index (χ1n) is 5.45. The molecular formula is C11H18N2O2. The average molecular weight is 210 g/mol. The van der Waals surface area contributed by atoms with Crippen LogP contribution in [0.3, 0.4) is 0 Å². The molecule has 2 atom stereocenters. The minimum Gasteiger partial charge on any atom is -0.448 e. The topological polar surface area (TPSA) is 49.5 Å². The smallest absolute Gasteiger partial charge is 0.198 e. The van der Waals surface area contributed by atoms with E-state index in [1.165, 1.54) is 0 Å². The number of rotatable bonds is 3. The number of likely N-dealkylation sites (tertiary alicyclic amines) is 1. The van der Waals surface area contributed by atoms with Gasteiger partial charge in [-0.05, 0) is 20.0 Å². The molecule has 84 valence electrons. The van der Waals surface area contributed by atoms with Crippen LogP contribution >= 0.6 is 0 Å². The summed E-state index contributed by atoms with van der Waals surface area (Å²) < 4.78 is 5.47. The molecule has 0 saturated carbocycles. The van der Waals surface area contributed by atoms with Crippen LogP contribution in [0.15, 0.2) is 10.7 Å². The summed E-state index contributed by atoms with van der Waals surface area (Å²) in [5, 5.41) is 9.01. The minimum atomic E-state index is 0.0710. The lowest BCUT2D eigenvalue weighted by molar-refractivity contribution is 0.271. The van der Waals surface area contributed by atoms with Gasteiger partial charge in [0.05, 0.1) is 12.3 Å². The SMILES string of the molecule is CC(CO)c1coc(C2CCN(C)C2)n1. The Labute approximate surface area is 89.9 Å². The lowest BCUT2D eigenvalue weighted by Gasteiger charge is -2.06. The maximum Gasteiger partial charge on any atom is 0.198 e. The lowest BCUT2D eigenvalue weighted by atomic mass is 10.1. The van der Waals surface area contributed by atoms with Crippen LogP contribution in [-0.4, -0.2) is 41.7 Å². The molecule has 1 fully saturated rings. The highest BCUT2D eigenvalue weighted by Crippen LogP contribution is 2.26. The van der Waals surface area contributed by atoms with E-state index >= 15 is 0 Å². The number of oxazole rings is 1. The van der Waals surface area contributed by atoms with Crippen molar-refractivity contribution in [3.05, 3.63) is 17.8 Å². The van der Waals surface area contributed by atoms with E-state index in [-0.39, 0.29) is 12.5 Å². The first-order chi connectivity index (χ1) is 7.20. The second kappa shape index (κ2) is 4.33. The van der Waals surface area contributed by atoms with Crippen molar-refractivity contribution in [1.82, 2.24) is 9.88 Å². The van der Waals surface area contributed by atoms with E-state index in [0.717, 1.165) is 31.1 Å². The molecule has 0 spiro atoms. The monoisotopic (exact) mass is 210 g/mol. The van der Waals surface area contributed by atoms with E-state index in [2.05, 4.69) is 16.9 Å². The molecule has 15 heavy (non-hydrogen) atoms. The zero-order chi connectivity index (χ0) is 10.8. The zero-order valence-electron chi connectivity index (χ0n) is 9.31. The van der Waals surface area contributed by atoms with Crippen LogP contribution < -0.4 is 0 Å². The highest BCUT2D eigenvalue weighted by molar-refractivity contribution is 5.07. The van der Waals surface area contributed by atoms with Gasteiger partial charge in [-0.1, -0.05) is 6.92 Å². The minimum absolute atomic E-state index is 0.0710. The quantitative estimate of drug-likeness (QED) is 0.814. The van der Waals surface area contributed by atoms with Crippen molar-refractivity contribution in [2.75, 3.05) is 26.7 Å². The molecule has 1 aromatic heterocycles. The molecule has 1 N–H and O–H groups in total.